The summed E-state index contributed by atoms with van der Waals surface area (Å²) in [6.45, 7) is 5.98. The number of nitrogens with zero attached hydrogens (tertiary/aromatic N) is 4. The normalized spacial score (nSPS) is 15.2. The van der Waals surface area contributed by atoms with Gasteiger partial charge in [0.25, 0.3) is 0 Å². The van der Waals surface area contributed by atoms with E-state index in [2.05, 4.69) is 28.9 Å². The molecule has 1 aliphatic rings. The predicted molar refractivity (Wildman–Crippen MR) is 128 cm³/mol. The molecule has 0 radical (unpaired) electrons. The zero-order chi connectivity index (χ0) is 22.7. The fourth-order valence-electron chi connectivity index (χ4n) is 4.07. The van der Waals surface area contributed by atoms with Gasteiger partial charge in [-0.25, -0.2) is 18.4 Å². The van der Waals surface area contributed by atoms with E-state index in [4.69, 9.17) is 16.6 Å². The lowest BCUT2D eigenvalue weighted by Crippen LogP contribution is -2.49. The monoisotopic (exact) mass is 470 g/mol. The molecule has 32 heavy (non-hydrogen) atoms. The van der Waals surface area contributed by atoms with Gasteiger partial charge in [-0.3, -0.25) is 0 Å². The van der Waals surface area contributed by atoms with Crippen molar-refractivity contribution in [2.75, 3.05) is 31.1 Å². The van der Waals surface area contributed by atoms with Crippen LogP contribution in [0.4, 0.5) is 5.82 Å². The molecule has 0 atom stereocenters. The van der Waals surface area contributed by atoms with E-state index >= 15 is 0 Å². The van der Waals surface area contributed by atoms with E-state index in [-0.39, 0.29) is 4.90 Å². The van der Waals surface area contributed by atoms with Crippen LogP contribution in [0.5, 0.6) is 0 Å². The van der Waals surface area contributed by atoms with Crippen molar-refractivity contribution in [3.8, 4) is 0 Å². The molecule has 0 spiro atoms. The maximum absolute atomic E-state index is 13.0. The van der Waals surface area contributed by atoms with Crippen molar-refractivity contribution in [3.05, 3.63) is 82.3 Å². The molecule has 1 fully saturated rings. The number of piperazine rings is 1. The smallest absolute Gasteiger partial charge is 0.243 e. The number of anilines is 1. The van der Waals surface area contributed by atoms with Gasteiger partial charge in [-0.1, -0.05) is 48.9 Å². The molecular weight excluding hydrogens is 444 g/mol. The molecule has 1 aliphatic heterocycles. The van der Waals surface area contributed by atoms with Crippen molar-refractivity contribution in [2.24, 2.45) is 0 Å². The van der Waals surface area contributed by atoms with Gasteiger partial charge >= 0.3 is 0 Å². The number of halogens is 1. The maximum atomic E-state index is 13.0. The van der Waals surface area contributed by atoms with Gasteiger partial charge in [0.1, 0.15) is 11.6 Å². The van der Waals surface area contributed by atoms with Gasteiger partial charge in [0, 0.05) is 48.9 Å². The highest BCUT2D eigenvalue weighted by Gasteiger charge is 2.30. The molecule has 2 heterocycles. The number of aromatic nitrogens is 2. The molecule has 0 bridgehead atoms. The lowest BCUT2D eigenvalue weighted by molar-refractivity contribution is 0.383. The van der Waals surface area contributed by atoms with Gasteiger partial charge in [0.2, 0.25) is 10.0 Å². The van der Waals surface area contributed by atoms with Crippen molar-refractivity contribution in [2.45, 2.75) is 31.6 Å². The first-order valence-corrected chi connectivity index (χ1v) is 12.6. The summed E-state index contributed by atoms with van der Waals surface area (Å²) in [5.74, 6) is 1.66. The number of hydrogen-bond acceptors (Lipinski definition) is 5. The Labute approximate surface area is 194 Å². The highest BCUT2D eigenvalue weighted by atomic mass is 35.5. The topological polar surface area (TPSA) is 66.4 Å². The number of sulfonamides is 1. The first-order chi connectivity index (χ1) is 15.4. The Bertz CT molecular complexity index is 1180. The summed E-state index contributed by atoms with van der Waals surface area (Å²) in [7, 11) is -3.55. The molecule has 3 aromatic rings. The van der Waals surface area contributed by atoms with Crippen LogP contribution in [0.1, 0.15) is 29.6 Å². The third-order valence-corrected chi connectivity index (χ3v) is 7.90. The van der Waals surface area contributed by atoms with Crippen LogP contribution in [0.15, 0.2) is 59.5 Å². The Morgan fingerprint density at radius 2 is 1.59 bits per heavy atom. The SMILES string of the molecule is CCc1nc(C)nc(N2CCN(S(=O)(=O)c3ccc(Cl)cc3)CC2)c1Cc1ccccc1. The van der Waals surface area contributed by atoms with Gasteiger partial charge in [-0.2, -0.15) is 4.31 Å². The molecular formula is C24H27ClN4O2S. The average Bonchev–Trinajstić information content (AvgIpc) is 2.81. The Hall–Kier alpha value is -2.48. The molecule has 168 valence electrons. The predicted octanol–water partition coefficient (Wildman–Crippen LogP) is 4.10. The molecule has 1 saturated heterocycles. The minimum absolute atomic E-state index is 0.270. The molecule has 4 rings (SSSR count). The minimum Gasteiger partial charge on any atom is -0.354 e. The van der Waals surface area contributed by atoms with Gasteiger partial charge < -0.3 is 4.90 Å². The summed E-state index contributed by atoms with van der Waals surface area (Å²) in [6, 6.07) is 16.6. The Balaban J connectivity index is 1.58. The molecule has 2 aromatic carbocycles. The molecule has 0 aliphatic carbocycles. The zero-order valence-electron chi connectivity index (χ0n) is 18.3. The van der Waals surface area contributed by atoms with E-state index < -0.39 is 10.0 Å². The highest BCUT2D eigenvalue weighted by Crippen LogP contribution is 2.27. The number of hydrogen-bond donors (Lipinski definition) is 0. The van der Waals surface area contributed by atoms with Crippen molar-refractivity contribution in [3.63, 3.8) is 0 Å². The first kappa shape index (κ1) is 22.7. The van der Waals surface area contributed by atoms with E-state index in [1.165, 1.54) is 5.56 Å². The molecule has 8 heteroatoms. The van der Waals surface area contributed by atoms with Gasteiger partial charge in [0.05, 0.1) is 4.90 Å². The summed E-state index contributed by atoms with van der Waals surface area (Å²) in [5, 5.41) is 0.519. The summed E-state index contributed by atoms with van der Waals surface area (Å²) in [5.41, 5.74) is 3.38. The van der Waals surface area contributed by atoms with E-state index in [1.54, 1.807) is 28.6 Å². The van der Waals surface area contributed by atoms with Crippen LogP contribution < -0.4 is 4.90 Å². The minimum atomic E-state index is -3.55. The number of rotatable bonds is 6. The van der Waals surface area contributed by atoms with Crippen LogP contribution >= 0.6 is 11.6 Å². The van der Waals surface area contributed by atoms with Crippen LogP contribution in [-0.4, -0.2) is 48.9 Å². The van der Waals surface area contributed by atoms with Crippen LogP contribution in [-0.2, 0) is 22.9 Å². The molecule has 0 N–H and O–H groups in total. The maximum Gasteiger partial charge on any atom is 0.243 e. The van der Waals surface area contributed by atoms with Crippen molar-refractivity contribution in [1.29, 1.82) is 0 Å². The zero-order valence-corrected chi connectivity index (χ0v) is 19.9. The molecule has 1 aromatic heterocycles. The van der Waals surface area contributed by atoms with E-state index in [9.17, 15) is 8.42 Å². The number of benzene rings is 2. The van der Waals surface area contributed by atoms with Crippen LogP contribution in [0, 0.1) is 6.92 Å². The fourth-order valence-corrected chi connectivity index (χ4v) is 5.62. The Kier molecular flexibility index (Phi) is 6.79. The Morgan fingerprint density at radius 3 is 2.22 bits per heavy atom. The molecule has 0 unspecified atom stereocenters. The van der Waals surface area contributed by atoms with Crippen LogP contribution in [0.25, 0.3) is 0 Å². The summed E-state index contributed by atoms with van der Waals surface area (Å²) in [4.78, 5) is 11.9. The lowest BCUT2D eigenvalue weighted by Gasteiger charge is -2.36. The third kappa shape index (κ3) is 4.80. The standard InChI is InChI=1S/C24H27ClN4O2S/c1-3-23-22(17-19-7-5-4-6-8-19)24(27-18(2)26-23)28-13-15-29(16-14-28)32(30,31)21-11-9-20(25)10-12-21/h4-12H,3,13-17H2,1-2H3. The first-order valence-electron chi connectivity index (χ1n) is 10.8. The van der Waals surface area contributed by atoms with Gasteiger partial charge in [-0.15, -0.1) is 0 Å². The molecule has 6 nitrogen and oxygen atoms in total. The quantitative estimate of drug-likeness (QED) is 0.542. The second-order valence-electron chi connectivity index (χ2n) is 7.88. The third-order valence-electron chi connectivity index (χ3n) is 5.73. The van der Waals surface area contributed by atoms with Crippen molar-refractivity contribution in [1.82, 2.24) is 14.3 Å². The highest BCUT2D eigenvalue weighted by molar-refractivity contribution is 7.89. The molecule has 0 saturated carbocycles. The Morgan fingerprint density at radius 1 is 0.938 bits per heavy atom. The summed E-state index contributed by atoms with van der Waals surface area (Å²) >= 11 is 5.92. The second kappa shape index (κ2) is 9.57. The summed E-state index contributed by atoms with van der Waals surface area (Å²) < 4.78 is 27.6. The lowest BCUT2D eigenvalue weighted by atomic mass is 10.0. The van der Waals surface area contributed by atoms with Crippen LogP contribution in [0.2, 0.25) is 5.02 Å². The van der Waals surface area contributed by atoms with Crippen molar-refractivity contribution < 1.29 is 8.42 Å². The van der Waals surface area contributed by atoms with E-state index in [1.807, 2.05) is 25.1 Å². The van der Waals surface area contributed by atoms with E-state index in [0.717, 1.165) is 35.7 Å². The van der Waals surface area contributed by atoms with E-state index in [0.29, 0.717) is 31.2 Å². The largest absolute Gasteiger partial charge is 0.354 e. The molecule has 0 amide bonds. The second-order valence-corrected chi connectivity index (χ2v) is 10.3. The van der Waals surface area contributed by atoms with Crippen LogP contribution in [0.3, 0.4) is 0 Å². The number of aryl methyl sites for hydroxylation is 2. The van der Waals surface area contributed by atoms with Crippen molar-refractivity contribution >= 4 is 27.4 Å². The summed E-state index contributed by atoms with van der Waals surface area (Å²) in [6.07, 6.45) is 1.58. The average molecular weight is 471 g/mol. The van der Waals surface area contributed by atoms with Gasteiger partial charge in [0.15, 0.2) is 0 Å². The van der Waals surface area contributed by atoms with Gasteiger partial charge in [-0.05, 0) is 43.2 Å². The fraction of sp³-hybridized carbons (Fsp3) is 0.333.